The number of carbonyl (C=O) groups is 3. The first-order valence-electron chi connectivity index (χ1n) is 12.3. The molecule has 3 aromatic carbocycles. The first-order valence-corrected chi connectivity index (χ1v) is 12.3. The first-order chi connectivity index (χ1) is 18.0. The van der Waals surface area contributed by atoms with Crippen LogP contribution in [0.2, 0.25) is 0 Å². The van der Waals surface area contributed by atoms with Gasteiger partial charge in [0.1, 0.15) is 11.5 Å². The summed E-state index contributed by atoms with van der Waals surface area (Å²) in [6.45, 7) is 5.78. The molecular weight excluding hydrogens is 484 g/mol. The number of amides is 2. The summed E-state index contributed by atoms with van der Waals surface area (Å²) in [7, 11) is 1.54. The molecule has 0 aliphatic carbocycles. The Hall–Kier alpha value is -4.33. The Morgan fingerprint density at radius 2 is 1.71 bits per heavy atom. The molecule has 1 unspecified atom stereocenters. The molecule has 4 rings (SSSR count). The Morgan fingerprint density at radius 1 is 1.00 bits per heavy atom. The van der Waals surface area contributed by atoms with Crippen molar-refractivity contribution < 1.29 is 29.0 Å². The van der Waals surface area contributed by atoms with E-state index in [1.807, 2.05) is 57.2 Å². The van der Waals surface area contributed by atoms with Crippen LogP contribution in [-0.4, -0.2) is 42.1 Å². The lowest BCUT2D eigenvalue weighted by atomic mass is 9.85. The molecule has 0 saturated carbocycles. The normalized spacial score (nSPS) is 16.6. The predicted molar refractivity (Wildman–Crippen MR) is 144 cm³/mol. The van der Waals surface area contributed by atoms with Gasteiger partial charge < -0.3 is 20.3 Å². The molecule has 0 spiro atoms. The van der Waals surface area contributed by atoms with Gasteiger partial charge in [0, 0.05) is 24.0 Å². The van der Waals surface area contributed by atoms with Crippen LogP contribution in [0, 0.1) is 0 Å². The average Bonchev–Trinajstić information content (AvgIpc) is 3.22. The van der Waals surface area contributed by atoms with Crippen molar-refractivity contribution in [3.8, 4) is 11.5 Å². The summed E-state index contributed by atoms with van der Waals surface area (Å²) >= 11 is 0. The van der Waals surface area contributed by atoms with Gasteiger partial charge in [-0.15, -0.1) is 0 Å². The maximum Gasteiger partial charge on any atom is 0.330 e. The fraction of sp³-hybridized carbons (Fsp3) is 0.300. The van der Waals surface area contributed by atoms with Gasteiger partial charge in [0.15, 0.2) is 12.1 Å². The predicted octanol–water partition coefficient (Wildman–Crippen LogP) is 4.13. The summed E-state index contributed by atoms with van der Waals surface area (Å²) in [5, 5.41) is 10.7. The molecule has 3 N–H and O–H groups in total. The SMILES string of the molecule is COc1cc(C(=O)N2c3cccc(OCC(N)=O)c3CC2(Cc2ccccc2)C(=O)O)ccc1C(C)(C)C. The lowest BCUT2D eigenvalue weighted by molar-refractivity contribution is -0.143. The van der Waals surface area contributed by atoms with Crippen molar-refractivity contribution >= 4 is 23.5 Å². The number of nitrogens with two attached hydrogens (primary N) is 1. The van der Waals surface area contributed by atoms with E-state index >= 15 is 0 Å². The monoisotopic (exact) mass is 516 g/mol. The molecule has 1 aliphatic heterocycles. The van der Waals surface area contributed by atoms with E-state index in [4.69, 9.17) is 15.2 Å². The fourth-order valence-electron chi connectivity index (χ4n) is 5.03. The van der Waals surface area contributed by atoms with Crippen molar-refractivity contribution in [2.24, 2.45) is 5.73 Å². The minimum atomic E-state index is -1.64. The second kappa shape index (κ2) is 10.2. The molecule has 2 amide bonds. The Morgan fingerprint density at radius 3 is 2.32 bits per heavy atom. The van der Waals surface area contributed by atoms with E-state index in [2.05, 4.69) is 0 Å². The number of methoxy groups -OCH3 is 1. The number of aliphatic carboxylic acids is 1. The van der Waals surface area contributed by atoms with E-state index in [-0.39, 0.29) is 24.9 Å². The van der Waals surface area contributed by atoms with E-state index < -0.39 is 23.3 Å². The molecule has 3 aromatic rings. The lowest BCUT2D eigenvalue weighted by Crippen LogP contribution is -2.57. The van der Waals surface area contributed by atoms with Gasteiger partial charge in [-0.2, -0.15) is 0 Å². The Kier molecular flexibility index (Phi) is 7.18. The lowest BCUT2D eigenvalue weighted by Gasteiger charge is -2.35. The molecule has 0 saturated heterocycles. The molecule has 8 heteroatoms. The number of carboxylic acids is 1. The molecule has 38 heavy (non-hydrogen) atoms. The highest BCUT2D eigenvalue weighted by Gasteiger charge is 2.54. The van der Waals surface area contributed by atoms with Gasteiger partial charge in [-0.25, -0.2) is 4.79 Å². The topological polar surface area (TPSA) is 119 Å². The van der Waals surface area contributed by atoms with E-state index in [0.29, 0.717) is 28.3 Å². The standard InChI is InChI=1S/C30H32N2O6/c1-29(2,3)22-14-13-20(15-25(22)37-4)27(34)32-23-11-8-12-24(38-18-26(31)33)21(23)17-30(32,28(35)36)16-19-9-6-5-7-10-19/h5-15H,16-18H2,1-4H3,(H2,31,33)(H,35,36). The van der Waals surface area contributed by atoms with Crippen LogP contribution < -0.4 is 20.1 Å². The van der Waals surface area contributed by atoms with Crippen molar-refractivity contribution in [3.05, 3.63) is 89.0 Å². The number of anilines is 1. The van der Waals surface area contributed by atoms with Crippen molar-refractivity contribution in [2.45, 2.75) is 44.6 Å². The number of hydrogen-bond donors (Lipinski definition) is 2. The molecule has 1 aliphatic rings. The Balaban J connectivity index is 1.88. The Labute approximate surface area is 222 Å². The number of ether oxygens (including phenoxy) is 2. The van der Waals surface area contributed by atoms with E-state index in [1.54, 1.807) is 37.4 Å². The summed E-state index contributed by atoms with van der Waals surface area (Å²) in [5.74, 6) is -1.42. The number of rotatable bonds is 8. The number of benzene rings is 3. The fourth-order valence-corrected chi connectivity index (χ4v) is 5.03. The van der Waals surface area contributed by atoms with Crippen LogP contribution in [0.4, 0.5) is 5.69 Å². The molecule has 0 aromatic heterocycles. The number of carbonyl (C=O) groups excluding carboxylic acids is 2. The van der Waals surface area contributed by atoms with E-state index in [9.17, 15) is 19.5 Å². The third-order valence-corrected chi connectivity index (χ3v) is 6.81. The van der Waals surface area contributed by atoms with Crippen LogP contribution in [0.15, 0.2) is 66.7 Å². The maximum absolute atomic E-state index is 14.2. The molecule has 198 valence electrons. The van der Waals surface area contributed by atoms with Crippen molar-refractivity contribution in [1.29, 1.82) is 0 Å². The summed E-state index contributed by atoms with van der Waals surface area (Å²) < 4.78 is 11.2. The molecule has 1 heterocycles. The van der Waals surface area contributed by atoms with Crippen LogP contribution in [0.1, 0.15) is 47.8 Å². The van der Waals surface area contributed by atoms with Crippen LogP contribution >= 0.6 is 0 Å². The molecule has 0 radical (unpaired) electrons. The van der Waals surface area contributed by atoms with Gasteiger partial charge in [-0.1, -0.05) is 63.2 Å². The highest BCUT2D eigenvalue weighted by Crippen LogP contribution is 2.46. The number of primary amides is 1. The quantitative estimate of drug-likeness (QED) is 0.465. The van der Waals surface area contributed by atoms with Crippen LogP contribution in [-0.2, 0) is 27.8 Å². The van der Waals surface area contributed by atoms with Gasteiger partial charge in [0.2, 0.25) is 0 Å². The Bertz CT molecular complexity index is 1380. The van der Waals surface area contributed by atoms with Gasteiger partial charge in [-0.05, 0) is 40.8 Å². The van der Waals surface area contributed by atoms with Crippen molar-refractivity contribution in [1.82, 2.24) is 0 Å². The van der Waals surface area contributed by atoms with E-state index in [1.165, 1.54) is 4.90 Å². The molecule has 0 fully saturated rings. The summed E-state index contributed by atoms with van der Waals surface area (Å²) in [6, 6.07) is 19.4. The van der Waals surface area contributed by atoms with Crippen LogP contribution in [0.25, 0.3) is 0 Å². The minimum Gasteiger partial charge on any atom is -0.496 e. The highest BCUT2D eigenvalue weighted by molar-refractivity contribution is 6.13. The molecular formula is C30H32N2O6. The summed E-state index contributed by atoms with van der Waals surface area (Å²) in [6.07, 6.45) is 0.0561. The summed E-state index contributed by atoms with van der Waals surface area (Å²) in [5.41, 5.74) is 6.34. The molecule has 1 atom stereocenters. The van der Waals surface area contributed by atoms with Gasteiger partial charge in [0.25, 0.3) is 11.8 Å². The van der Waals surface area contributed by atoms with Crippen molar-refractivity contribution in [2.75, 3.05) is 18.6 Å². The second-order valence-corrected chi connectivity index (χ2v) is 10.5. The highest BCUT2D eigenvalue weighted by atomic mass is 16.5. The van der Waals surface area contributed by atoms with Gasteiger partial charge in [-0.3, -0.25) is 14.5 Å². The number of nitrogens with zero attached hydrogens (tertiary/aromatic N) is 1. The van der Waals surface area contributed by atoms with Crippen LogP contribution in [0.3, 0.4) is 0 Å². The second-order valence-electron chi connectivity index (χ2n) is 10.5. The summed E-state index contributed by atoms with van der Waals surface area (Å²) in [4.78, 5) is 40.1. The molecule has 8 nitrogen and oxygen atoms in total. The average molecular weight is 517 g/mol. The maximum atomic E-state index is 14.2. The number of fused-ring (bicyclic) bond motifs is 1. The third kappa shape index (κ3) is 4.94. The minimum absolute atomic E-state index is 0.00948. The zero-order valence-electron chi connectivity index (χ0n) is 22.0. The van der Waals surface area contributed by atoms with Crippen LogP contribution in [0.5, 0.6) is 11.5 Å². The zero-order chi connectivity index (χ0) is 27.7. The third-order valence-electron chi connectivity index (χ3n) is 6.81. The number of carboxylic acid groups (broad SMARTS) is 1. The van der Waals surface area contributed by atoms with Crippen molar-refractivity contribution in [3.63, 3.8) is 0 Å². The molecule has 0 bridgehead atoms. The van der Waals surface area contributed by atoms with Gasteiger partial charge in [0.05, 0.1) is 12.8 Å². The van der Waals surface area contributed by atoms with E-state index in [0.717, 1.165) is 11.1 Å². The first kappa shape index (κ1) is 26.7. The van der Waals surface area contributed by atoms with Gasteiger partial charge >= 0.3 is 5.97 Å². The number of hydrogen-bond acceptors (Lipinski definition) is 5. The zero-order valence-corrected chi connectivity index (χ0v) is 22.0. The smallest absolute Gasteiger partial charge is 0.330 e. The largest absolute Gasteiger partial charge is 0.496 e.